The number of rotatable bonds is 3. The molecule has 1 aromatic rings. The molecule has 3 atom stereocenters. The molecule has 94 valence electrons. The van der Waals surface area contributed by atoms with Crippen LogP contribution in [0, 0.1) is 24.6 Å². The molecule has 0 heterocycles. The van der Waals surface area contributed by atoms with Crippen LogP contribution in [0.1, 0.15) is 37.3 Å². The molecular formula is C15H22FN. The minimum atomic E-state index is -0.158. The number of hydrogen-bond acceptors (Lipinski definition) is 1. The summed E-state index contributed by atoms with van der Waals surface area (Å²) >= 11 is 0. The first kappa shape index (κ1) is 12.6. The van der Waals surface area contributed by atoms with Gasteiger partial charge < -0.3 is 5.73 Å². The zero-order chi connectivity index (χ0) is 12.4. The fourth-order valence-electron chi connectivity index (χ4n) is 3.10. The lowest BCUT2D eigenvalue weighted by Gasteiger charge is -2.24. The van der Waals surface area contributed by atoms with Gasteiger partial charge in [0.25, 0.3) is 0 Å². The summed E-state index contributed by atoms with van der Waals surface area (Å²) in [5.41, 5.74) is 8.53. The summed E-state index contributed by atoms with van der Waals surface area (Å²) in [4.78, 5) is 0. The lowest BCUT2D eigenvalue weighted by Crippen LogP contribution is -2.33. The van der Waals surface area contributed by atoms with Gasteiger partial charge in [0, 0.05) is 6.04 Å². The average molecular weight is 235 g/mol. The molecule has 0 aliphatic heterocycles. The summed E-state index contributed by atoms with van der Waals surface area (Å²) in [5.74, 6) is 1.22. The summed E-state index contributed by atoms with van der Waals surface area (Å²) < 4.78 is 13.0. The molecule has 2 N–H and O–H groups in total. The summed E-state index contributed by atoms with van der Waals surface area (Å²) in [6.45, 7) is 4.26. The Kier molecular flexibility index (Phi) is 3.82. The van der Waals surface area contributed by atoms with Crippen LogP contribution in [0.15, 0.2) is 18.2 Å². The van der Waals surface area contributed by atoms with Gasteiger partial charge in [-0.25, -0.2) is 4.39 Å². The van der Waals surface area contributed by atoms with Gasteiger partial charge in [0.1, 0.15) is 5.82 Å². The van der Waals surface area contributed by atoms with Gasteiger partial charge in [0.15, 0.2) is 0 Å². The minimum Gasteiger partial charge on any atom is -0.327 e. The average Bonchev–Trinajstić information content (AvgIpc) is 2.68. The first-order chi connectivity index (χ1) is 8.08. The summed E-state index contributed by atoms with van der Waals surface area (Å²) in [5, 5.41) is 0. The molecule has 1 aromatic carbocycles. The number of nitrogens with two attached hydrogens (primary N) is 1. The quantitative estimate of drug-likeness (QED) is 0.853. The van der Waals surface area contributed by atoms with Crippen LogP contribution in [0.4, 0.5) is 4.39 Å². The molecule has 0 amide bonds. The van der Waals surface area contributed by atoms with Crippen LogP contribution in [-0.4, -0.2) is 6.04 Å². The van der Waals surface area contributed by atoms with Crippen molar-refractivity contribution in [3.8, 4) is 0 Å². The molecule has 0 aromatic heterocycles. The van der Waals surface area contributed by atoms with E-state index in [4.69, 9.17) is 5.73 Å². The van der Waals surface area contributed by atoms with Crippen LogP contribution in [-0.2, 0) is 6.42 Å². The second-order valence-electron chi connectivity index (χ2n) is 5.51. The Morgan fingerprint density at radius 3 is 2.76 bits per heavy atom. The maximum Gasteiger partial charge on any atom is 0.123 e. The summed E-state index contributed by atoms with van der Waals surface area (Å²) in [6.07, 6.45) is 4.74. The first-order valence-electron chi connectivity index (χ1n) is 6.58. The van der Waals surface area contributed by atoms with Crippen LogP contribution < -0.4 is 5.73 Å². The van der Waals surface area contributed by atoms with E-state index in [1.54, 1.807) is 6.07 Å². The third kappa shape index (κ3) is 2.86. The van der Waals surface area contributed by atoms with Crippen LogP contribution in [0.3, 0.4) is 0 Å². The van der Waals surface area contributed by atoms with E-state index in [1.165, 1.54) is 30.9 Å². The Bertz CT molecular complexity index is 389. The van der Waals surface area contributed by atoms with Gasteiger partial charge in [0.05, 0.1) is 0 Å². The van der Waals surface area contributed by atoms with Gasteiger partial charge in [-0.1, -0.05) is 25.8 Å². The van der Waals surface area contributed by atoms with Gasteiger partial charge in [-0.15, -0.1) is 0 Å². The van der Waals surface area contributed by atoms with Crippen LogP contribution in [0.2, 0.25) is 0 Å². The van der Waals surface area contributed by atoms with Crippen molar-refractivity contribution < 1.29 is 4.39 Å². The van der Waals surface area contributed by atoms with Crippen molar-refractivity contribution in [1.82, 2.24) is 0 Å². The van der Waals surface area contributed by atoms with Gasteiger partial charge in [-0.05, 0) is 54.9 Å². The Hall–Kier alpha value is -0.890. The highest BCUT2D eigenvalue weighted by atomic mass is 19.1. The molecule has 1 fully saturated rings. The second kappa shape index (κ2) is 5.18. The van der Waals surface area contributed by atoms with Crippen molar-refractivity contribution in [3.05, 3.63) is 35.1 Å². The molecule has 0 saturated heterocycles. The molecular weight excluding hydrogens is 213 g/mol. The van der Waals surface area contributed by atoms with E-state index >= 15 is 0 Å². The maximum absolute atomic E-state index is 13.0. The minimum absolute atomic E-state index is 0.158. The monoisotopic (exact) mass is 235 g/mol. The molecule has 1 nitrogen and oxygen atoms in total. The van der Waals surface area contributed by atoms with Crippen molar-refractivity contribution in [3.63, 3.8) is 0 Å². The molecule has 1 aliphatic carbocycles. The largest absolute Gasteiger partial charge is 0.327 e. The summed E-state index contributed by atoms with van der Waals surface area (Å²) in [7, 11) is 0. The van der Waals surface area contributed by atoms with E-state index < -0.39 is 0 Å². The van der Waals surface area contributed by atoms with E-state index in [-0.39, 0.29) is 11.9 Å². The zero-order valence-electron chi connectivity index (χ0n) is 10.7. The van der Waals surface area contributed by atoms with E-state index in [1.807, 2.05) is 13.0 Å². The first-order valence-corrected chi connectivity index (χ1v) is 6.58. The smallest absolute Gasteiger partial charge is 0.123 e. The molecule has 2 rings (SSSR count). The fraction of sp³-hybridized carbons (Fsp3) is 0.600. The molecule has 17 heavy (non-hydrogen) atoms. The van der Waals surface area contributed by atoms with Crippen molar-refractivity contribution in [2.45, 2.75) is 45.6 Å². The van der Waals surface area contributed by atoms with Crippen molar-refractivity contribution in [2.24, 2.45) is 17.6 Å². The lowest BCUT2D eigenvalue weighted by atomic mass is 9.86. The SMILES string of the molecule is Cc1cc(F)ccc1CC(N)C1CCCC1C. The number of hydrogen-bond donors (Lipinski definition) is 1. The lowest BCUT2D eigenvalue weighted by molar-refractivity contribution is 0.343. The number of aryl methyl sites for hydroxylation is 1. The molecule has 1 aliphatic rings. The van der Waals surface area contributed by atoms with Crippen molar-refractivity contribution >= 4 is 0 Å². The molecule has 0 spiro atoms. The summed E-state index contributed by atoms with van der Waals surface area (Å²) in [6, 6.07) is 5.23. The standard InChI is InChI=1S/C15H22FN/c1-10-4-3-5-14(10)15(17)9-12-6-7-13(16)8-11(12)2/h6-8,10,14-15H,3-5,9,17H2,1-2H3. The predicted octanol–water partition coefficient (Wildman–Crippen LogP) is 3.44. The Balaban J connectivity index is 2.04. The Labute approximate surface area is 103 Å². The van der Waals surface area contributed by atoms with E-state index in [0.29, 0.717) is 5.92 Å². The highest BCUT2D eigenvalue weighted by Gasteiger charge is 2.28. The van der Waals surface area contributed by atoms with Crippen LogP contribution in [0.5, 0.6) is 0 Å². The molecule has 2 heteroatoms. The van der Waals surface area contributed by atoms with Gasteiger partial charge in [-0.2, -0.15) is 0 Å². The molecule has 3 unspecified atom stereocenters. The van der Waals surface area contributed by atoms with Crippen molar-refractivity contribution in [1.29, 1.82) is 0 Å². The third-order valence-electron chi connectivity index (χ3n) is 4.24. The van der Waals surface area contributed by atoms with Crippen LogP contribution in [0.25, 0.3) is 0 Å². The van der Waals surface area contributed by atoms with Crippen molar-refractivity contribution in [2.75, 3.05) is 0 Å². The highest BCUT2D eigenvalue weighted by Crippen LogP contribution is 2.34. The van der Waals surface area contributed by atoms with E-state index in [9.17, 15) is 4.39 Å². The molecule has 1 saturated carbocycles. The molecule has 0 bridgehead atoms. The van der Waals surface area contributed by atoms with E-state index in [0.717, 1.165) is 17.9 Å². The fourth-order valence-corrected chi connectivity index (χ4v) is 3.10. The van der Waals surface area contributed by atoms with Gasteiger partial charge >= 0.3 is 0 Å². The van der Waals surface area contributed by atoms with Crippen LogP contribution >= 0.6 is 0 Å². The Morgan fingerprint density at radius 2 is 2.18 bits per heavy atom. The third-order valence-corrected chi connectivity index (χ3v) is 4.24. The molecule has 0 radical (unpaired) electrons. The maximum atomic E-state index is 13.0. The number of benzene rings is 1. The second-order valence-corrected chi connectivity index (χ2v) is 5.51. The zero-order valence-corrected chi connectivity index (χ0v) is 10.7. The highest BCUT2D eigenvalue weighted by molar-refractivity contribution is 5.27. The predicted molar refractivity (Wildman–Crippen MR) is 69.3 cm³/mol. The van der Waals surface area contributed by atoms with E-state index in [2.05, 4.69) is 6.92 Å². The Morgan fingerprint density at radius 1 is 1.41 bits per heavy atom. The topological polar surface area (TPSA) is 26.0 Å². The van der Waals surface area contributed by atoms with Gasteiger partial charge in [0.2, 0.25) is 0 Å². The number of halogens is 1. The van der Waals surface area contributed by atoms with Gasteiger partial charge in [-0.3, -0.25) is 0 Å². The normalized spacial score (nSPS) is 26.1.